The Morgan fingerprint density at radius 2 is 1.48 bits per heavy atom. The van der Waals surface area contributed by atoms with Crippen LogP contribution in [0.15, 0.2) is 23.8 Å². The molecule has 4 rings (SSSR count). The molecule has 3 aliphatic carbocycles. The summed E-state index contributed by atoms with van der Waals surface area (Å²) in [5.41, 5.74) is 5.07. The first kappa shape index (κ1) is 22.8. The quantitative estimate of drug-likeness (QED) is 0.512. The van der Waals surface area contributed by atoms with Crippen LogP contribution >= 0.6 is 0 Å². The van der Waals surface area contributed by atoms with E-state index >= 15 is 0 Å². The minimum absolute atomic E-state index is 0.675. The number of hydrogen-bond donors (Lipinski definition) is 1. The molecule has 2 heteroatoms. The molecule has 1 aromatic rings. The number of nitrogens with one attached hydrogen (secondary N) is 1. The predicted octanol–water partition coefficient (Wildman–Crippen LogP) is 6.85. The van der Waals surface area contributed by atoms with Crippen molar-refractivity contribution in [3.8, 4) is 0 Å². The number of fused-ring (bicyclic) bond motifs is 2. The van der Waals surface area contributed by atoms with Crippen LogP contribution in [-0.2, 0) is 0 Å². The molecule has 31 heavy (non-hydrogen) atoms. The van der Waals surface area contributed by atoms with Gasteiger partial charge in [-0.05, 0) is 69.8 Å². The van der Waals surface area contributed by atoms with Gasteiger partial charge in [0.15, 0.2) is 8.24 Å². The van der Waals surface area contributed by atoms with Gasteiger partial charge >= 0.3 is 0 Å². The molecule has 0 spiro atoms. The maximum atomic E-state index is 4.40. The zero-order valence-corrected chi connectivity index (χ0v) is 21.4. The van der Waals surface area contributed by atoms with E-state index in [2.05, 4.69) is 68.7 Å². The van der Waals surface area contributed by atoms with Crippen molar-refractivity contribution in [1.29, 1.82) is 0 Å². The molecule has 0 saturated heterocycles. The van der Waals surface area contributed by atoms with Gasteiger partial charge in [-0.15, -0.1) is 0 Å². The highest BCUT2D eigenvalue weighted by molar-refractivity contribution is 6.95. The zero-order chi connectivity index (χ0) is 21.8. The molecule has 1 atom stereocenters. The molecule has 1 saturated carbocycles. The predicted molar refractivity (Wildman–Crippen MR) is 141 cm³/mol. The van der Waals surface area contributed by atoms with Gasteiger partial charge in [0, 0.05) is 6.04 Å². The van der Waals surface area contributed by atoms with Crippen LogP contribution in [0.25, 0.3) is 23.4 Å². The van der Waals surface area contributed by atoms with Crippen LogP contribution < -0.4 is 15.4 Å². The fraction of sp³-hybridized carbons (Fsp3) is 0.586. The summed E-state index contributed by atoms with van der Waals surface area (Å²) in [6.45, 7) is 9.91. The van der Waals surface area contributed by atoms with Crippen molar-refractivity contribution in [2.75, 3.05) is 0 Å². The largest absolute Gasteiger partial charge is 0.331 e. The van der Waals surface area contributed by atoms with Gasteiger partial charge in [0.2, 0.25) is 0 Å². The van der Waals surface area contributed by atoms with Gasteiger partial charge in [0.1, 0.15) is 0 Å². The van der Waals surface area contributed by atoms with E-state index in [9.17, 15) is 0 Å². The first-order chi connectivity index (χ1) is 15.0. The van der Waals surface area contributed by atoms with E-state index in [1.807, 2.05) is 0 Å². The third-order valence-corrected chi connectivity index (χ3v) is 13.1. The topological polar surface area (TPSA) is 12.0 Å². The molecule has 0 aromatic heterocycles. The van der Waals surface area contributed by atoms with E-state index in [0.29, 0.717) is 11.6 Å². The second kappa shape index (κ2) is 10.0. The number of allylic oxidation sites excluding steroid dienone is 2. The van der Waals surface area contributed by atoms with Gasteiger partial charge in [-0.1, -0.05) is 102 Å². The average molecular weight is 434 g/mol. The normalized spacial score (nSPS) is 22.2. The Balaban J connectivity index is 1.60. The highest BCUT2D eigenvalue weighted by Crippen LogP contribution is 2.37. The minimum Gasteiger partial charge on any atom is -0.331 e. The molecule has 0 aliphatic heterocycles. The van der Waals surface area contributed by atoms with Gasteiger partial charge in [-0.3, -0.25) is 0 Å². The Morgan fingerprint density at radius 1 is 0.871 bits per heavy atom. The van der Waals surface area contributed by atoms with Crippen molar-refractivity contribution < 1.29 is 0 Å². The Kier molecular flexibility index (Phi) is 7.39. The van der Waals surface area contributed by atoms with Crippen LogP contribution in [0.4, 0.5) is 0 Å². The van der Waals surface area contributed by atoms with Crippen LogP contribution in [0.5, 0.6) is 0 Å². The summed E-state index contributed by atoms with van der Waals surface area (Å²) in [7, 11) is -1.85. The molecule has 1 N–H and O–H groups in total. The first-order valence-electron chi connectivity index (χ1n) is 13.0. The third-order valence-electron chi connectivity index (χ3n) is 8.13. The molecular formula is C29H43NSi. The lowest BCUT2D eigenvalue weighted by Gasteiger charge is -2.39. The number of benzene rings is 1. The molecule has 0 bridgehead atoms. The second-order valence-corrected chi connectivity index (χ2v) is 15.1. The SMILES string of the molecule is CC1=C([Si](C)(NC2CCCCCCCCCCC2)C(C)C)c2cc3c(cc2=C1)C=CC=3. The molecule has 1 fully saturated rings. The Bertz CT molecular complexity index is 955. The number of rotatable bonds is 4. The van der Waals surface area contributed by atoms with E-state index in [1.165, 1.54) is 97.8 Å². The van der Waals surface area contributed by atoms with E-state index in [1.54, 1.807) is 5.20 Å². The van der Waals surface area contributed by atoms with Crippen LogP contribution in [0.1, 0.15) is 103 Å². The fourth-order valence-corrected chi connectivity index (χ4v) is 9.86. The Morgan fingerprint density at radius 3 is 2.10 bits per heavy atom. The van der Waals surface area contributed by atoms with Crippen molar-refractivity contribution in [2.45, 2.75) is 110 Å². The molecule has 1 nitrogen and oxygen atoms in total. The maximum Gasteiger partial charge on any atom is 0.158 e. The van der Waals surface area contributed by atoms with Crippen LogP contribution in [0.3, 0.4) is 0 Å². The fourth-order valence-electron chi connectivity index (χ4n) is 6.00. The Labute approximate surface area is 191 Å². The van der Waals surface area contributed by atoms with Crippen molar-refractivity contribution in [3.05, 3.63) is 45.3 Å². The summed E-state index contributed by atoms with van der Waals surface area (Å²) < 4.78 is 0. The molecule has 3 aliphatic rings. The van der Waals surface area contributed by atoms with Crippen molar-refractivity contribution in [2.24, 2.45) is 0 Å². The van der Waals surface area contributed by atoms with Gasteiger partial charge in [0.25, 0.3) is 0 Å². The second-order valence-electron chi connectivity index (χ2n) is 10.8. The maximum absolute atomic E-state index is 4.40. The van der Waals surface area contributed by atoms with Crippen molar-refractivity contribution >= 4 is 31.7 Å². The molecule has 0 heterocycles. The summed E-state index contributed by atoms with van der Waals surface area (Å²) >= 11 is 0. The highest BCUT2D eigenvalue weighted by atomic mass is 28.3. The third kappa shape index (κ3) is 5.01. The molecule has 168 valence electrons. The summed E-state index contributed by atoms with van der Waals surface area (Å²) in [4.78, 5) is 4.40. The zero-order valence-electron chi connectivity index (χ0n) is 20.4. The lowest BCUT2D eigenvalue weighted by Crippen LogP contribution is -2.56. The molecule has 1 unspecified atom stereocenters. The van der Waals surface area contributed by atoms with E-state index in [-0.39, 0.29) is 0 Å². The van der Waals surface area contributed by atoms with Gasteiger partial charge in [-0.25, -0.2) is 0 Å². The lowest BCUT2D eigenvalue weighted by molar-refractivity contribution is 0.442. The lowest BCUT2D eigenvalue weighted by atomic mass is 9.98. The van der Waals surface area contributed by atoms with E-state index < -0.39 is 8.24 Å². The van der Waals surface area contributed by atoms with Gasteiger partial charge in [0.05, 0.1) is 0 Å². The van der Waals surface area contributed by atoms with Crippen LogP contribution in [0, 0.1) is 0 Å². The molecule has 0 radical (unpaired) electrons. The standard InChI is InChI=1S/C29H43NSi/c1-22(2)31(4,30-27-17-12-10-8-6-5-7-9-11-13-18-27)29-23(3)19-26-20-24-15-14-16-25(24)21-28(26)29/h14-16,19-22,27,30H,5-13,17-18H2,1-4H3. The monoisotopic (exact) mass is 433 g/mol. The summed E-state index contributed by atoms with van der Waals surface area (Å²) in [5.74, 6) is 0. The van der Waals surface area contributed by atoms with Gasteiger partial charge in [-0.2, -0.15) is 0 Å². The summed E-state index contributed by atoms with van der Waals surface area (Å²) in [6.07, 6.45) is 24.8. The average Bonchev–Trinajstić information content (AvgIpc) is 3.30. The smallest absolute Gasteiger partial charge is 0.158 e. The molecular weight excluding hydrogens is 390 g/mol. The molecule has 1 aromatic carbocycles. The van der Waals surface area contributed by atoms with E-state index in [0.717, 1.165) is 0 Å². The van der Waals surface area contributed by atoms with Crippen molar-refractivity contribution in [1.82, 2.24) is 4.98 Å². The summed E-state index contributed by atoms with van der Waals surface area (Å²) in [5, 5.41) is 4.50. The van der Waals surface area contributed by atoms with Crippen molar-refractivity contribution in [3.63, 3.8) is 0 Å². The van der Waals surface area contributed by atoms with E-state index in [4.69, 9.17) is 0 Å². The summed E-state index contributed by atoms with van der Waals surface area (Å²) in [6, 6.07) is 5.57. The molecule has 0 amide bonds. The van der Waals surface area contributed by atoms with Crippen LogP contribution in [0.2, 0.25) is 12.1 Å². The number of hydrogen-bond acceptors (Lipinski definition) is 1. The van der Waals surface area contributed by atoms with Gasteiger partial charge < -0.3 is 4.98 Å². The highest BCUT2D eigenvalue weighted by Gasteiger charge is 2.40. The Hall–Kier alpha value is -1.38. The van der Waals surface area contributed by atoms with Crippen LogP contribution in [-0.4, -0.2) is 14.3 Å². The minimum atomic E-state index is -1.85. The first-order valence-corrected chi connectivity index (χ1v) is 15.6.